The van der Waals surface area contributed by atoms with Gasteiger partial charge in [0.2, 0.25) is 0 Å². The maximum absolute atomic E-state index is 13.3. The van der Waals surface area contributed by atoms with Crippen molar-refractivity contribution >= 4 is 38.9 Å². The maximum atomic E-state index is 13.3. The molecular weight excluding hydrogens is 305 g/mol. The number of aryl methyl sites for hydroxylation is 1. The molecule has 0 aliphatic heterocycles. The molecule has 0 unspecified atom stereocenters. The first kappa shape index (κ1) is 12.3. The number of thiophene rings is 1. The molecule has 0 saturated heterocycles. The molecule has 0 atom stereocenters. The number of rotatable bonds is 2. The van der Waals surface area contributed by atoms with Gasteiger partial charge in [0.25, 0.3) is 5.91 Å². The highest BCUT2D eigenvalue weighted by Gasteiger charge is 2.11. The summed E-state index contributed by atoms with van der Waals surface area (Å²) < 4.78 is 13.6. The van der Waals surface area contributed by atoms with E-state index in [9.17, 15) is 9.18 Å². The third-order valence-electron chi connectivity index (χ3n) is 2.25. The fraction of sp³-hybridized carbons (Fsp3) is 0.0833. The summed E-state index contributed by atoms with van der Waals surface area (Å²) in [5, 5.41) is 4.52. The first-order valence-corrected chi connectivity index (χ1v) is 6.55. The zero-order chi connectivity index (χ0) is 12.4. The van der Waals surface area contributed by atoms with Crippen LogP contribution in [0.25, 0.3) is 0 Å². The van der Waals surface area contributed by atoms with Crippen LogP contribution in [-0.2, 0) is 0 Å². The predicted octanol–water partition coefficient (Wildman–Crippen LogP) is 4.21. The topological polar surface area (TPSA) is 29.1 Å². The molecule has 0 radical (unpaired) electrons. The highest BCUT2D eigenvalue weighted by molar-refractivity contribution is 9.10. The number of halogens is 2. The fourth-order valence-corrected chi connectivity index (χ4v) is 2.43. The van der Waals surface area contributed by atoms with Crippen molar-refractivity contribution in [2.75, 3.05) is 5.32 Å². The number of hydrogen-bond acceptors (Lipinski definition) is 2. The molecule has 17 heavy (non-hydrogen) atoms. The second-order valence-electron chi connectivity index (χ2n) is 3.52. The molecular formula is C12H9BrFNOS. The molecule has 88 valence electrons. The van der Waals surface area contributed by atoms with Crippen LogP contribution in [0.2, 0.25) is 0 Å². The standard InChI is InChI=1S/C12H9BrFNOS/c1-7-4-5-17-11(7)12(16)15-8-2-3-9(13)10(14)6-8/h2-6H,1H3,(H,15,16). The normalized spacial score (nSPS) is 10.3. The van der Waals surface area contributed by atoms with Gasteiger partial charge in [-0.2, -0.15) is 0 Å². The Bertz CT molecular complexity index is 567. The van der Waals surface area contributed by atoms with Gasteiger partial charge in [-0.3, -0.25) is 4.79 Å². The number of hydrogen-bond donors (Lipinski definition) is 1. The van der Waals surface area contributed by atoms with Crippen LogP contribution < -0.4 is 5.32 Å². The van der Waals surface area contributed by atoms with Crippen LogP contribution in [0.4, 0.5) is 10.1 Å². The molecule has 0 aliphatic carbocycles. The number of benzene rings is 1. The fourth-order valence-electron chi connectivity index (χ4n) is 1.37. The minimum atomic E-state index is -0.397. The second kappa shape index (κ2) is 4.98. The number of carbonyl (C=O) groups excluding carboxylic acids is 1. The van der Waals surface area contributed by atoms with Gasteiger partial charge in [-0.15, -0.1) is 11.3 Å². The van der Waals surface area contributed by atoms with Crippen molar-refractivity contribution in [2.45, 2.75) is 6.92 Å². The lowest BCUT2D eigenvalue weighted by Gasteiger charge is -2.05. The largest absolute Gasteiger partial charge is 0.321 e. The minimum Gasteiger partial charge on any atom is -0.321 e. The molecule has 0 saturated carbocycles. The van der Waals surface area contributed by atoms with Gasteiger partial charge in [0.1, 0.15) is 5.82 Å². The Balaban J connectivity index is 2.19. The van der Waals surface area contributed by atoms with E-state index in [-0.39, 0.29) is 5.91 Å². The van der Waals surface area contributed by atoms with E-state index in [0.717, 1.165) is 5.56 Å². The summed E-state index contributed by atoms with van der Waals surface area (Å²) in [6, 6.07) is 6.37. The zero-order valence-corrected chi connectivity index (χ0v) is 11.4. The van der Waals surface area contributed by atoms with Crippen molar-refractivity contribution in [1.29, 1.82) is 0 Å². The summed E-state index contributed by atoms with van der Waals surface area (Å²) in [6.07, 6.45) is 0. The molecule has 0 aliphatic rings. The average molecular weight is 314 g/mol. The average Bonchev–Trinajstić information content (AvgIpc) is 2.70. The van der Waals surface area contributed by atoms with Gasteiger partial charge >= 0.3 is 0 Å². The zero-order valence-electron chi connectivity index (χ0n) is 8.96. The highest BCUT2D eigenvalue weighted by atomic mass is 79.9. The van der Waals surface area contributed by atoms with Crippen molar-refractivity contribution in [1.82, 2.24) is 0 Å². The second-order valence-corrected chi connectivity index (χ2v) is 5.29. The van der Waals surface area contributed by atoms with E-state index in [1.165, 1.54) is 17.4 Å². The number of nitrogens with one attached hydrogen (secondary N) is 1. The Kier molecular flexibility index (Phi) is 3.59. The number of anilines is 1. The summed E-state index contributed by atoms with van der Waals surface area (Å²) in [5.74, 6) is -0.607. The van der Waals surface area contributed by atoms with E-state index in [1.807, 2.05) is 18.4 Å². The van der Waals surface area contributed by atoms with Gasteiger partial charge in [-0.25, -0.2) is 4.39 Å². The molecule has 1 N–H and O–H groups in total. The third kappa shape index (κ3) is 2.73. The third-order valence-corrected chi connectivity index (χ3v) is 3.90. The molecule has 0 spiro atoms. The molecule has 1 heterocycles. The summed E-state index contributed by atoms with van der Waals surface area (Å²) in [5.41, 5.74) is 1.37. The summed E-state index contributed by atoms with van der Waals surface area (Å²) in [6.45, 7) is 1.87. The number of amides is 1. The van der Waals surface area contributed by atoms with Crippen molar-refractivity contribution in [2.24, 2.45) is 0 Å². The van der Waals surface area contributed by atoms with Crippen molar-refractivity contribution < 1.29 is 9.18 Å². The van der Waals surface area contributed by atoms with Gasteiger partial charge in [0, 0.05) is 5.69 Å². The van der Waals surface area contributed by atoms with Crippen LogP contribution in [0.15, 0.2) is 34.1 Å². The molecule has 1 aromatic carbocycles. The van der Waals surface area contributed by atoms with Gasteiger partial charge in [-0.1, -0.05) is 0 Å². The Hall–Kier alpha value is -1.20. The van der Waals surface area contributed by atoms with Gasteiger partial charge in [-0.05, 0) is 58.1 Å². The molecule has 1 aromatic heterocycles. The van der Waals surface area contributed by atoms with Crippen LogP contribution in [0, 0.1) is 12.7 Å². The van der Waals surface area contributed by atoms with Gasteiger partial charge < -0.3 is 5.32 Å². The smallest absolute Gasteiger partial charge is 0.265 e. The SMILES string of the molecule is Cc1ccsc1C(=O)Nc1ccc(Br)c(F)c1. The Labute approximate surface area is 111 Å². The molecule has 5 heteroatoms. The predicted molar refractivity (Wildman–Crippen MR) is 71.1 cm³/mol. The quantitative estimate of drug-likeness (QED) is 0.884. The maximum Gasteiger partial charge on any atom is 0.265 e. The lowest BCUT2D eigenvalue weighted by molar-refractivity contribution is 0.103. The highest BCUT2D eigenvalue weighted by Crippen LogP contribution is 2.21. The molecule has 2 nitrogen and oxygen atoms in total. The van der Waals surface area contributed by atoms with Gasteiger partial charge in [0.15, 0.2) is 0 Å². The number of carbonyl (C=O) groups is 1. The van der Waals surface area contributed by atoms with E-state index < -0.39 is 5.82 Å². The molecule has 0 fully saturated rings. The van der Waals surface area contributed by atoms with Crippen LogP contribution in [0.3, 0.4) is 0 Å². The molecule has 1 amide bonds. The summed E-state index contributed by atoms with van der Waals surface area (Å²) in [7, 11) is 0. The molecule has 0 bridgehead atoms. The molecule has 2 rings (SSSR count). The Morgan fingerprint density at radius 2 is 2.18 bits per heavy atom. The lowest BCUT2D eigenvalue weighted by atomic mass is 10.2. The summed E-state index contributed by atoms with van der Waals surface area (Å²) >= 11 is 4.43. The minimum absolute atomic E-state index is 0.209. The van der Waals surface area contributed by atoms with Crippen molar-refractivity contribution in [3.8, 4) is 0 Å². The Morgan fingerprint density at radius 1 is 1.41 bits per heavy atom. The van der Waals surface area contributed by atoms with Crippen LogP contribution in [0.5, 0.6) is 0 Å². The Morgan fingerprint density at radius 3 is 2.76 bits per heavy atom. The van der Waals surface area contributed by atoms with E-state index in [2.05, 4.69) is 21.2 Å². The van der Waals surface area contributed by atoms with Gasteiger partial charge in [0.05, 0.1) is 9.35 Å². The van der Waals surface area contributed by atoms with Crippen molar-refractivity contribution in [3.05, 3.63) is 50.4 Å². The lowest BCUT2D eigenvalue weighted by Crippen LogP contribution is -2.11. The molecule has 2 aromatic rings. The first-order valence-electron chi connectivity index (χ1n) is 4.88. The monoisotopic (exact) mass is 313 g/mol. The van der Waals surface area contributed by atoms with E-state index in [0.29, 0.717) is 15.0 Å². The van der Waals surface area contributed by atoms with Crippen LogP contribution >= 0.6 is 27.3 Å². The van der Waals surface area contributed by atoms with Crippen LogP contribution in [0.1, 0.15) is 15.2 Å². The van der Waals surface area contributed by atoms with Crippen molar-refractivity contribution in [3.63, 3.8) is 0 Å². The van der Waals surface area contributed by atoms with Crippen LogP contribution in [-0.4, -0.2) is 5.91 Å². The van der Waals surface area contributed by atoms with E-state index in [1.54, 1.807) is 12.1 Å². The first-order chi connectivity index (χ1) is 8.08. The van der Waals surface area contributed by atoms with E-state index >= 15 is 0 Å². The summed E-state index contributed by atoms with van der Waals surface area (Å²) in [4.78, 5) is 12.5. The van der Waals surface area contributed by atoms with E-state index in [4.69, 9.17) is 0 Å².